The van der Waals surface area contributed by atoms with Crippen molar-refractivity contribution in [3.63, 3.8) is 0 Å². The van der Waals surface area contributed by atoms with E-state index in [-0.39, 0.29) is 33.9 Å². The van der Waals surface area contributed by atoms with Gasteiger partial charge in [0.15, 0.2) is 0 Å². The van der Waals surface area contributed by atoms with Crippen LogP contribution in [0, 0.1) is 6.92 Å². The summed E-state index contributed by atoms with van der Waals surface area (Å²) in [6.07, 6.45) is 4.50. The SMILES string of the molecule is COC(=O)Cc1c2n(c3ccc(C)cc13)C[C@@](NC(=O)c1c(Cl)cc(-n3cnnc3)cc1Cl)(c1ccccc1)CC2. The minimum Gasteiger partial charge on any atom is -0.469 e. The Morgan fingerprint density at radius 1 is 1.02 bits per heavy atom. The summed E-state index contributed by atoms with van der Waals surface area (Å²) in [6.45, 7) is 2.50. The summed E-state index contributed by atoms with van der Waals surface area (Å²) in [5.41, 5.74) is 5.21. The van der Waals surface area contributed by atoms with Crippen molar-refractivity contribution in [2.75, 3.05) is 7.11 Å². The van der Waals surface area contributed by atoms with Gasteiger partial charge in [0, 0.05) is 16.6 Å². The number of amides is 1. The third-order valence-electron chi connectivity index (χ3n) is 7.86. The summed E-state index contributed by atoms with van der Waals surface area (Å²) in [5, 5.41) is 12.4. The summed E-state index contributed by atoms with van der Waals surface area (Å²) < 4.78 is 8.91. The summed E-state index contributed by atoms with van der Waals surface area (Å²) in [7, 11) is 1.41. The predicted molar refractivity (Wildman–Crippen MR) is 158 cm³/mol. The Kier molecular flexibility index (Phi) is 7.05. The highest BCUT2D eigenvalue weighted by molar-refractivity contribution is 6.40. The number of ether oxygens (including phenoxy) is 1. The Morgan fingerprint density at radius 2 is 1.73 bits per heavy atom. The molecule has 10 heteroatoms. The predicted octanol–water partition coefficient (Wildman–Crippen LogP) is 5.82. The smallest absolute Gasteiger partial charge is 0.310 e. The lowest BCUT2D eigenvalue weighted by molar-refractivity contribution is -0.139. The van der Waals surface area contributed by atoms with Gasteiger partial charge in [-0.05, 0) is 55.2 Å². The average molecular weight is 588 g/mol. The maximum absolute atomic E-state index is 14.0. The van der Waals surface area contributed by atoms with E-state index >= 15 is 0 Å². The fourth-order valence-electron chi connectivity index (χ4n) is 5.86. The van der Waals surface area contributed by atoms with Gasteiger partial charge >= 0.3 is 5.97 Å². The van der Waals surface area contributed by atoms with E-state index in [0.29, 0.717) is 25.1 Å². The van der Waals surface area contributed by atoms with Crippen molar-refractivity contribution in [2.45, 2.75) is 38.3 Å². The number of carbonyl (C=O) groups excluding carboxylic acids is 2. The first-order chi connectivity index (χ1) is 19.8. The number of rotatable bonds is 6. The van der Waals surface area contributed by atoms with Crippen molar-refractivity contribution in [2.24, 2.45) is 0 Å². The number of esters is 1. The third kappa shape index (κ3) is 4.87. The molecular weight excluding hydrogens is 561 g/mol. The number of hydrogen-bond donors (Lipinski definition) is 1. The molecule has 0 unspecified atom stereocenters. The second-order valence-electron chi connectivity index (χ2n) is 10.3. The molecule has 41 heavy (non-hydrogen) atoms. The van der Waals surface area contributed by atoms with Crippen LogP contribution in [0.5, 0.6) is 0 Å². The van der Waals surface area contributed by atoms with Crippen LogP contribution in [0.3, 0.4) is 0 Å². The molecule has 6 rings (SSSR count). The fourth-order valence-corrected chi connectivity index (χ4v) is 6.51. The molecule has 1 amide bonds. The molecule has 1 aliphatic rings. The highest BCUT2D eigenvalue weighted by atomic mass is 35.5. The normalized spacial score (nSPS) is 16.4. The van der Waals surface area contributed by atoms with Crippen LogP contribution in [-0.4, -0.2) is 38.3 Å². The zero-order valence-electron chi connectivity index (χ0n) is 22.5. The molecule has 3 aromatic carbocycles. The lowest BCUT2D eigenvalue weighted by Crippen LogP contribution is -2.51. The van der Waals surface area contributed by atoms with Crippen LogP contribution in [0.2, 0.25) is 10.0 Å². The molecule has 0 bridgehead atoms. The number of nitrogens with zero attached hydrogens (tertiary/aromatic N) is 4. The lowest BCUT2D eigenvalue weighted by Gasteiger charge is -2.40. The Bertz CT molecular complexity index is 1760. The molecule has 3 heterocycles. The maximum atomic E-state index is 14.0. The van der Waals surface area contributed by atoms with Crippen LogP contribution in [0.25, 0.3) is 16.6 Å². The summed E-state index contributed by atoms with van der Waals surface area (Å²) in [6, 6.07) is 19.5. The van der Waals surface area contributed by atoms with Crippen LogP contribution in [-0.2, 0) is 34.5 Å². The lowest BCUT2D eigenvalue weighted by atomic mass is 9.81. The number of halogens is 2. The molecule has 8 nitrogen and oxygen atoms in total. The van der Waals surface area contributed by atoms with Crippen molar-refractivity contribution in [1.82, 2.24) is 24.6 Å². The Morgan fingerprint density at radius 3 is 2.41 bits per heavy atom. The van der Waals surface area contributed by atoms with E-state index in [9.17, 15) is 9.59 Å². The number of methoxy groups -OCH3 is 1. The molecule has 1 aliphatic heterocycles. The summed E-state index contributed by atoms with van der Waals surface area (Å²) in [4.78, 5) is 26.3. The van der Waals surface area contributed by atoms with Gasteiger partial charge in [-0.1, -0.05) is 65.2 Å². The molecule has 0 aliphatic carbocycles. The van der Waals surface area contributed by atoms with Gasteiger partial charge in [-0.25, -0.2) is 0 Å². The summed E-state index contributed by atoms with van der Waals surface area (Å²) >= 11 is 13.3. The number of nitrogens with one attached hydrogen (secondary N) is 1. The quantitative estimate of drug-likeness (QED) is 0.253. The average Bonchev–Trinajstić information content (AvgIpc) is 3.60. The van der Waals surface area contributed by atoms with E-state index in [1.54, 1.807) is 16.7 Å². The number of benzene rings is 3. The van der Waals surface area contributed by atoms with Crippen molar-refractivity contribution >= 4 is 46.0 Å². The second-order valence-corrected chi connectivity index (χ2v) is 11.2. The largest absolute Gasteiger partial charge is 0.469 e. The van der Waals surface area contributed by atoms with Gasteiger partial charge in [-0.3, -0.25) is 14.2 Å². The zero-order chi connectivity index (χ0) is 28.7. The zero-order valence-corrected chi connectivity index (χ0v) is 24.0. The number of aromatic nitrogens is 4. The molecule has 5 aromatic rings. The van der Waals surface area contributed by atoms with E-state index < -0.39 is 5.54 Å². The van der Waals surface area contributed by atoms with Gasteiger partial charge in [0.1, 0.15) is 12.7 Å². The highest BCUT2D eigenvalue weighted by Crippen LogP contribution is 2.40. The molecule has 1 N–H and O–H groups in total. The van der Waals surface area contributed by atoms with Crippen LogP contribution >= 0.6 is 23.2 Å². The van der Waals surface area contributed by atoms with Gasteiger partial charge < -0.3 is 14.6 Å². The molecule has 2 aromatic heterocycles. The first-order valence-corrected chi connectivity index (χ1v) is 13.9. The molecule has 0 spiro atoms. The molecule has 0 radical (unpaired) electrons. The number of carbonyl (C=O) groups is 2. The Hall–Kier alpha value is -4.14. The van der Waals surface area contributed by atoms with Gasteiger partial charge in [0.2, 0.25) is 0 Å². The van der Waals surface area contributed by atoms with Crippen molar-refractivity contribution in [1.29, 1.82) is 0 Å². The van der Waals surface area contributed by atoms with Gasteiger partial charge in [-0.2, -0.15) is 0 Å². The van der Waals surface area contributed by atoms with Crippen molar-refractivity contribution < 1.29 is 14.3 Å². The Balaban J connectivity index is 1.43. The van der Waals surface area contributed by atoms with E-state index in [1.807, 2.05) is 37.3 Å². The van der Waals surface area contributed by atoms with E-state index in [2.05, 4.69) is 38.3 Å². The molecule has 1 atom stereocenters. The highest BCUT2D eigenvalue weighted by Gasteiger charge is 2.40. The fraction of sp³-hybridized carbons (Fsp3) is 0.226. The van der Waals surface area contributed by atoms with Crippen LogP contribution in [0.1, 0.15) is 39.2 Å². The van der Waals surface area contributed by atoms with Gasteiger partial charge in [0.25, 0.3) is 5.91 Å². The molecule has 0 saturated carbocycles. The van der Waals surface area contributed by atoms with E-state index in [4.69, 9.17) is 27.9 Å². The molecular formula is C31H27Cl2N5O3. The van der Waals surface area contributed by atoms with Crippen LogP contribution in [0.15, 0.2) is 73.3 Å². The molecule has 208 valence electrons. The number of fused-ring (bicyclic) bond motifs is 3. The monoisotopic (exact) mass is 587 g/mol. The minimum absolute atomic E-state index is 0.188. The van der Waals surface area contributed by atoms with E-state index in [1.165, 1.54) is 19.8 Å². The topological polar surface area (TPSA) is 91.0 Å². The van der Waals surface area contributed by atoms with Crippen LogP contribution < -0.4 is 5.32 Å². The second kappa shape index (κ2) is 10.7. The van der Waals surface area contributed by atoms with Crippen molar-refractivity contribution in [3.05, 3.63) is 111 Å². The van der Waals surface area contributed by atoms with Crippen molar-refractivity contribution in [3.8, 4) is 5.69 Å². The van der Waals surface area contributed by atoms with Crippen LogP contribution in [0.4, 0.5) is 0 Å². The van der Waals surface area contributed by atoms with Gasteiger partial charge in [0.05, 0.1) is 46.9 Å². The van der Waals surface area contributed by atoms with Gasteiger partial charge in [-0.15, -0.1) is 10.2 Å². The third-order valence-corrected chi connectivity index (χ3v) is 8.45. The maximum Gasteiger partial charge on any atom is 0.310 e. The van der Waals surface area contributed by atoms with E-state index in [0.717, 1.165) is 33.3 Å². The minimum atomic E-state index is -0.760. The Labute approximate surface area is 246 Å². The summed E-state index contributed by atoms with van der Waals surface area (Å²) in [5.74, 6) is -0.654. The number of aryl methyl sites for hydroxylation is 1. The standard InChI is InChI=1S/C31H27Cl2N5O3/c1-19-8-9-26-22(12-19)23(15-28(39)41-2)27-10-11-31(16-38(26)27,20-6-4-3-5-7-20)36-30(40)29-24(32)13-21(14-25(29)33)37-17-34-35-18-37/h3-9,12-14,17-18H,10-11,15-16H2,1-2H3,(H,36,40)/t31-/m1/s1. The molecule has 0 saturated heterocycles. The first-order valence-electron chi connectivity index (χ1n) is 13.2. The number of hydrogen-bond acceptors (Lipinski definition) is 5. The first kappa shape index (κ1) is 27.1. The molecule has 0 fully saturated rings.